The van der Waals surface area contributed by atoms with Crippen LogP contribution in [0.15, 0.2) is 34.2 Å². The molecule has 0 aromatic carbocycles. The second-order valence-electron chi connectivity index (χ2n) is 6.11. The zero-order valence-electron chi connectivity index (χ0n) is 14.1. The third-order valence-corrected chi connectivity index (χ3v) is 4.15. The van der Waals surface area contributed by atoms with Gasteiger partial charge in [0, 0.05) is 43.9 Å². The van der Waals surface area contributed by atoms with Crippen LogP contribution in [0, 0.1) is 6.92 Å². The number of H-pyrrole nitrogens is 1. The van der Waals surface area contributed by atoms with Gasteiger partial charge in [-0.25, -0.2) is 4.79 Å². The molecular weight excluding hydrogens is 326 g/mol. The quantitative estimate of drug-likeness (QED) is 0.792. The van der Waals surface area contributed by atoms with Gasteiger partial charge in [0.05, 0.1) is 12.6 Å². The molecule has 1 N–H and O–H groups in total. The Labute approximate surface area is 143 Å². The molecule has 1 aliphatic rings. The molecular formula is C16H21N5O4. The van der Waals surface area contributed by atoms with Gasteiger partial charge in [0.15, 0.2) is 0 Å². The van der Waals surface area contributed by atoms with Crippen LogP contribution in [0.5, 0.6) is 0 Å². The average Bonchev–Trinajstić information content (AvgIpc) is 2.96. The van der Waals surface area contributed by atoms with Crippen molar-refractivity contribution < 1.29 is 9.53 Å². The van der Waals surface area contributed by atoms with E-state index in [0.717, 1.165) is 6.42 Å². The van der Waals surface area contributed by atoms with E-state index in [4.69, 9.17) is 4.74 Å². The van der Waals surface area contributed by atoms with Crippen LogP contribution in [0.3, 0.4) is 0 Å². The van der Waals surface area contributed by atoms with Crippen LogP contribution in [-0.2, 0) is 22.6 Å². The molecule has 0 radical (unpaired) electrons. The van der Waals surface area contributed by atoms with Crippen LogP contribution in [0.2, 0.25) is 0 Å². The monoisotopic (exact) mass is 347 g/mol. The van der Waals surface area contributed by atoms with Gasteiger partial charge in [0.25, 0.3) is 5.56 Å². The van der Waals surface area contributed by atoms with Gasteiger partial charge in [0.1, 0.15) is 6.54 Å². The van der Waals surface area contributed by atoms with Crippen molar-refractivity contribution in [2.45, 2.75) is 32.5 Å². The molecule has 3 heterocycles. The number of aromatic amines is 1. The summed E-state index contributed by atoms with van der Waals surface area (Å²) in [7, 11) is 0. The standard InChI is InChI=1S/C16H21N5O4/c1-12-8-20(16(24)18-15(12)23)11-14(22)19-5-3-7-25-13(9-19)10-21-6-2-4-17-21/h2,4,6,8,13H,3,5,7,9-11H2,1H3,(H,18,23,24)/t13-/m1/s1. The molecule has 0 bridgehead atoms. The van der Waals surface area contributed by atoms with Gasteiger partial charge < -0.3 is 9.64 Å². The van der Waals surface area contributed by atoms with Gasteiger partial charge in [-0.05, 0) is 19.4 Å². The highest BCUT2D eigenvalue weighted by Gasteiger charge is 2.23. The van der Waals surface area contributed by atoms with E-state index in [-0.39, 0.29) is 18.6 Å². The number of carbonyl (C=O) groups excluding carboxylic acids is 1. The molecule has 134 valence electrons. The number of nitrogens with zero attached hydrogens (tertiary/aromatic N) is 4. The minimum Gasteiger partial charge on any atom is -0.374 e. The summed E-state index contributed by atoms with van der Waals surface area (Å²) < 4.78 is 8.80. The molecule has 1 saturated heterocycles. The Kier molecular flexibility index (Phi) is 5.13. The van der Waals surface area contributed by atoms with Crippen LogP contribution in [0.1, 0.15) is 12.0 Å². The zero-order valence-corrected chi connectivity index (χ0v) is 14.1. The molecule has 9 heteroatoms. The van der Waals surface area contributed by atoms with Gasteiger partial charge in [-0.2, -0.15) is 5.10 Å². The number of rotatable bonds is 4. The lowest BCUT2D eigenvalue weighted by molar-refractivity contribution is -0.132. The van der Waals surface area contributed by atoms with Crippen molar-refractivity contribution in [1.82, 2.24) is 24.2 Å². The average molecular weight is 347 g/mol. The predicted molar refractivity (Wildman–Crippen MR) is 89.2 cm³/mol. The van der Waals surface area contributed by atoms with Crippen molar-refractivity contribution in [2.75, 3.05) is 19.7 Å². The lowest BCUT2D eigenvalue weighted by Gasteiger charge is -2.24. The van der Waals surface area contributed by atoms with Gasteiger partial charge >= 0.3 is 5.69 Å². The van der Waals surface area contributed by atoms with Crippen molar-refractivity contribution in [2.24, 2.45) is 0 Å². The second kappa shape index (κ2) is 7.47. The van der Waals surface area contributed by atoms with Crippen molar-refractivity contribution in [3.63, 3.8) is 0 Å². The number of hydrogen-bond donors (Lipinski definition) is 1. The highest BCUT2D eigenvalue weighted by atomic mass is 16.5. The lowest BCUT2D eigenvalue weighted by Crippen LogP contribution is -2.42. The molecule has 1 atom stereocenters. The van der Waals surface area contributed by atoms with Crippen LogP contribution in [0.4, 0.5) is 0 Å². The van der Waals surface area contributed by atoms with Crippen molar-refractivity contribution in [3.8, 4) is 0 Å². The van der Waals surface area contributed by atoms with Crippen LogP contribution in [0.25, 0.3) is 0 Å². The molecule has 3 rings (SSSR count). The first-order valence-corrected chi connectivity index (χ1v) is 8.20. The third kappa shape index (κ3) is 4.24. The number of ether oxygens (including phenoxy) is 1. The fraction of sp³-hybridized carbons (Fsp3) is 0.500. The van der Waals surface area contributed by atoms with Crippen LogP contribution >= 0.6 is 0 Å². The van der Waals surface area contributed by atoms with E-state index >= 15 is 0 Å². The summed E-state index contributed by atoms with van der Waals surface area (Å²) in [6.45, 7) is 3.65. The van der Waals surface area contributed by atoms with E-state index in [1.807, 2.05) is 12.3 Å². The van der Waals surface area contributed by atoms with E-state index in [1.165, 1.54) is 10.8 Å². The van der Waals surface area contributed by atoms with Crippen molar-refractivity contribution in [1.29, 1.82) is 0 Å². The maximum atomic E-state index is 12.6. The summed E-state index contributed by atoms with van der Waals surface area (Å²) in [5, 5.41) is 4.16. The normalized spacial score (nSPS) is 18.1. The highest BCUT2D eigenvalue weighted by Crippen LogP contribution is 2.09. The van der Waals surface area contributed by atoms with E-state index in [0.29, 0.717) is 31.8 Å². The maximum absolute atomic E-state index is 12.6. The smallest absolute Gasteiger partial charge is 0.328 e. The minimum atomic E-state index is -0.580. The SMILES string of the molecule is Cc1cn(CC(=O)N2CCCO[C@@H](Cn3cccn3)C2)c(=O)[nH]c1=O. The van der Waals surface area contributed by atoms with Crippen molar-refractivity contribution in [3.05, 3.63) is 51.1 Å². The number of aromatic nitrogens is 4. The first kappa shape index (κ1) is 17.2. The lowest BCUT2D eigenvalue weighted by atomic mass is 10.3. The summed E-state index contributed by atoms with van der Waals surface area (Å²) in [5.74, 6) is -0.176. The van der Waals surface area contributed by atoms with E-state index in [1.54, 1.807) is 22.7 Å². The van der Waals surface area contributed by atoms with Gasteiger partial charge in [-0.3, -0.25) is 23.8 Å². The Hall–Kier alpha value is -2.68. The highest BCUT2D eigenvalue weighted by molar-refractivity contribution is 5.76. The molecule has 1 aliphatic heterocycles. The van der Waals surface area contributed by atoms with Crippen LogP contribution in [-0.4, -0.2) is 55.9 Å². The predicted octanol–water partition coefficient (Wildman–Crippen LogP) is -0.641. The number of carbonyl (C=O) groups is 1. The molecule has 2 aromatic heterocycles. The Bertz CT molecular complexity index is 839. The molecule has 1 amide bonds. The van der Waals surface area contributed by atoms with E-state index in [9.17, 15) is 14.4 Å². The maximum Gasteiger partial charge on any atom is 0.328 e. The molecule has 25 heavy (non-hydrogen) atoms. The number of aryl methyl sites for hydroxylation is 1. The molecule has 0 aliphatic carbocycles. The minimum absolute atomic E-state index is 0.106. The zero-order chi connectivity index (χ0) is 17.8. The first-order valence-electron chi connectivity index (χ1n) is 8.20. The summed E-state index contributed by atoms with van der Waals surface area (Å²) in [4.78, 5) is 39.8. The summed E-state index contributed by atoms with van der Waals surface area (Å²) in [6.07, 6.45) is 5.55. The Morgan fingerprint density at radius 1 is 1.44 bits per heavy atom. The summed E-state index contributed by atoms with van der Waals surface area (Å²) >= 11 is 0. The molecule has 0 saturated carbocycles. The molecule has 1 fully saturated rings. The molecule has 2 aromatic rings. The second-order valence-corrected chi connectivity index (χ2v) is 6.11. The third-order valence-electron chi connectivity index (χ3n) is 4.15. The van der Waals surface area contributed by atoms with E-state index in [2.05, 4.69) is 10.1 Å². The Morgan fingerprint density at radius 3 is 3.04 bits per heavy atom. The molecule has 0 unspecified atom stereocenters. The summed E-state index contributed by atoms with van der Waals surface area (Å²) in [6, 6.07) is 1.84. The molecule has 0 spiro atoms. The topological polar surface area (TPSA) is 102 Å². The number of amides is 1. The Morgan fingerprint density at radius 2 is 2.28 bits per heavy atom. The van der Waals surface area contributed by atoms with Crippen LogP contribution < -0.4 is 11.2 Å². The van der Waals surface area contributed by atoms with Gasteiger partial charge in [-0.15, -0.1) is 0 Å². The van der Waals surface area contributed by atoms with E-state index < -0.39 is 11.2 Å². The largest absolute Gasteiger partial charge is 0.374 e. The first-order chi connectivity index (χ1) is 12.0. The van der Waals surface area contributed by atoms with Crippen molar-refractivity contribution >= 4 is 5.91 Å². The van der Waals surface area contributed by atoms with Gasteiger partial charge in [-0.1, -0.05) is 0 Å². The number of nitrogens with one attached hydrogen (secondary N) is 1. The fourth-order valence-electron chi connectivity index (χ4n) is 2.83. The fourth-order valence-corrected chi connectivity index (χ4v) is 2.83. The van der Waals surface area contributed by atoms with Gasteiger partial charge in [0.2, 0.25) is 5.91 Å². The number of hydrogen-bond acceptors (Lipinski definition) is 5. The Balaban J connectivity index is 1.69. The summed E-state index contributed by atoms with van der Waals surface area (Å²) in [5.41, 5.74) is -0.623. The molecule has 9 nitrogen and oxygen atoms in total.